The summed E-state index contributed by atoms with van der Waals surface area (Å²) in [5, 5.41) is 4.99. The van der Waals surface area contributed by atoms with Gasteiger partial charge in [0.2, 0.25) is 5.76 Å². The van der Waals surface area contributed by atoms with E-state index < -0.39 is 0 Å². The highest BCUT2D eigenvalue weighted by Gasteiger charge is 2.11. The van der Waals surface area contributed by atoms with E-state index in [4.69, 9.17) is 8.94 Å². The van der Waals surface area contributed by atoms with Crippen LogP contribution in [0.5, 0.6) is 0 Å². The Morgan fingerprint density at radius 2 is 2.00 bits per heavy atom. The molecule has 3 aromatic heterocycles. The van der Waals surface area contributed by atoms with Gasteiger partial charge in [-0.2, -0.15) is 0 Å². The lowest BCUT2D eigenvalue weighted by Crippen LogP contribution is -1.95. The van der Waals surface area contributed by atoms with Crippen molar-refractivity contribution >= 4 is 27.7 Å². The molecule has 4 rings (SSSR count). The molecule has 1 aromatic carbocycles. The first-order chi connectivity index (χ1) is 11.8. The summed E-state index contributed by atoms with van der Waals surface area (Å²) in [6.45, 7) is 0. The molecule has 0 saturated carbocycles. The van der Waals surface area contributed by atoms with Crippen LogP contribution in [0.25, 0.3) is 17.2 Å². The molecule has 0 amide bonds. The number of nitrogens with zero attached hydrogens (tertiary/aromatic N) is 3. The molecule has 0 atom stereocenters. The monoisotopic (exact) mass is 401 g/mol. The number of imidazole rings is 1. The SMILES string of the molecule is Brc1ccc(-n2ccnc2SCc2cc(-c3ccco3)on2)cc1. The van der Waals surface area contributed by atoms with Gasteiger partial charge in [-0.15, -0.1) is 0 Å². The molecule has 0 unspecified atom stereocenters. The third-order valence-electron chi connectivity index (χ3n) is 3.38. The van der Waals surface area contributed by atoms with Crippen molar-refractivity contribution < 1.29 is 8.94 Å². The summed E-state index contributed by atoms with van der Waals surface area (Å²) in [6.07, 6.45) is 5.35. The van der Waals surface area contributed by atoms with Crippen molar-refractivity contribution in [3.63, 3.8) is 0 Å². The van der Waals surface area contributed by atoms with Crippen LogP contribution in [0.2, 0.25) is 0 Å². The second-order valence-electron chi connectivity index (χ2n) is 5.00. The van der Waals surface area contributed by atoms with Crippen molar-refractivity contribution in [1.82, 2.24) is 14.7 Å². The zero-order valence-corrected chi connectivity index (χ0v) is 14.8. The van der Waals surface area contributed by atoms with Gasteiger partial charge in [0.1, 0.15) is 0 Å². The van der Waals surface area contributed by atoms with Crippen LogP contribution < -0.4 is 0 Å². The minimum atomic E-state index is 0.631. The maximum absolute atomic E-state index is 5.32. The highest BCUT2D eigenvalue weighted by atomic mass is 79.9. The minimum absolute atomic E-state index is 0.631. The van der Waals surface area contributed by atoms with Crippen molar-refractivity contribution in [2.75, 3.05) is 0 Å². The molecule has 0 aliphatic heterocycles. The Hall–Kier alpha value is -2.25. The molecule has 24 heavy (non-hydrogen) atoms. The van der Waals surface area contributed by atoms with Crippen LogP contribution in [-0.2, 0) is 5.75 Å². The van der Waals surface area contributed by atoms with Gasteiger partial charge in [-0.1, -0.05) is 32.8 Å². The van der Waals surface area contributed by atoms with Crippen LogP contribution in [0.1, 0.15) is 5.69 Å². The van der Waals surface area contributed by atoms with Gasteiger partial charge in [0.25, 0.3) is 0 Å². The Morgan fingerprint density at radius 1 is 1.12 bits per heavy atom. The van der Waals surface area contributed by atoms with Crippen LogP contribution in [0.4, 0.5) is 0 Å². The van der Waals surface area contributed by atoms with E-state index in [9.17, 15) is 0 Å². The smallest absolute Gasteiger partial charge is 0.202 e. The molecule has 0 N–H and O–H groups in total. The fourth-order valence-electron chi connectivity index (χ4n) is 2.25. The van der Waals surface area contributed by atoms with Crippen LogP contribution in [0.15, 0.2) is 79.7 Å². The van der Waals surface area contributed by atoms with Gasteiger partial charge in [0.15, 0.2) is 10.9 Å². The molecule has 0 bridgehead atoms. The standard InChI is InChI=1S/C17H12BrN3O2S/c18-12-3-5-14(6-4-12)21-8-7-19-17(21)24-11-13-10-16(23-20-13)15-2-1-9-22-15/h1-10H,11H2. The van der Waals surface area contributed by atoms with E-state index in [-0.39, 0.29) is 0 Å². The van der Waals surface area contributed by atoms with Crippen molar-refractivity contribution in [2.45, 2.75) is 10.9 Å². The van der Waals surface area contributed by atoms with E-state index in [0.717, 1.165) is 21.0 Å². The first-order valence-corrected chi connectivity index (χ1v) is 8.99. The zero-order valence-electron chi connectivity index (χ0n) is 12.4. The number of aromatic nitrogens is 3. The molecule has 0 fully saturated rings. The number of furan rings is 1. The number of halogens is 1. The van der Waals surface area contributed by atoms with Crippen molar-refractivity contribution in [2.24, 2.45) is 0 Å². The van der Waals surface area contributed by atoms with Crippen LogP contribution in [0.3, 0.4) is 0 Å². The molecular formula is C17H12BrN3O2S. The Balaban J connectivity index is 1.49. The molecule has 0 saturated heterocycles. The van der Waals surface area contributed by atoms with Gasteiger partial charge in [-0.3, -0.25) is 4.57 Å². The number of rotatable bonds is 5. The van der Waals surface area contributed by atoms with Gasteiger partial charge in [-0.05, 0) is 36.4 Å². The molecule has 0 spiro atoms. The molecule has 4 aromatic rings. The second kappa shape index (κ2) is 6.70. The highest BCUT2D eigenvalue weighted by molar-refractivity contribution is 9.10. The van der Waals surface area contributed by atoms with Crippen molar-refractivity contribution in [3.8, 4) is 17.2 Å². The first kappa shape index (κ1) is 15.3. The summed E-state index contributed by atoms with van der Waals surface area (Å²) in [5.74, 6) is 1.97. The zero-order chi connectivity index (χ0) is 16.4. The van der Waals surface area contributed by atoms with Gasteiger partial charge in [0.05, 0.1) is 12.0 Å². The maximum atomic E-state index is 5.32. The molecule has 3 heterocycles. The lowest BCUT2D eigenvalue weighted by Gasteiger charge is -2.06. The topological polar surface area (TPSA) is 57.0 Å². The Bertz CT molecular complexity index is 929. The van der Waals surface area contributed by atoms with E-state index in [1.54, 1.807) is 24.2 Å². The number of thioether (sulfide) groups is 1. The van der Waals surface area contributed by atoms with Crippen LogP contribution in [-0.4, -0.2) is 14.7 Å². The summed E-state index contributed by atoms with van der Waals surface area (Å²) >= 11 is 5.05. The Kier molecular flexibility index (Phi) is 4.27. The molecule has 5 nitrogen and oxygen atoms in total. The summed E-state index contributed by atoms with van der Waals surface area (Å²) in [6, 6.07) is 13.7. The average molecular weight is 402 g/mol. The normalized spacial score (nSPS) is 11.0. The quantitative estimate of drug-likeness (QED) is 0.431. The highest BCUT2D eigenvalue weighted by Crippen LogP contribution is 2.27. The lowest BCUT2D eigenvalue weighted by molar-refractivity contribution is 0.413. The summed E-state index contributed by atoms with van der Waals surface area (Å²) < 4.78 is 13.7. The van der Waals surface area contributed by atoms with Gasteiger partial charge < -0.3 is 8.94 Å². The van der Waals surface area contributed by atoms with Crippen molar-refractivity contribution in [1.29, 1.82) is 0 Å². The Labute approximate surface area is 150 Å². The first-order valence-electron chi connectivity index (χ1n) is 7.21. The van der Waals surface area contributed by atoms with E-state index >= 15 is 0 Å². The summed E-state index contributed by atoms with van der Waals surface area (Å²) in [5.41, 5.74) is 1.91. The molecule has 120 valence electrons. The molecule has 0 aliphatic rings. The van der Waals surface area contributed by atoms with E-state index in [2.05, 4.69) is 26.1 Å². The van der Waals surface area contributed by atoms with Crippen molar-refractivity contribution in [3.05, 3.63) is 71.3 Å². The fraction of sp³-hybridized carbons (Fsp3) is 0.0588. The van der Waals surface area contributed by atoms with Crippen LogP contribution >= 0.6 is 27.7 Å². The van der Waals surface area contributed by atoms with E-state index in [1.165, 1.54) is 0 Å². The molecule has 7 heteroatoms. The fourth-order valence-corrected chi connectivity index (χ4v) is 3.37. The largest absolute Gasteiger partial charge is 0.461 e. The summed E-state index contributed by atoms with van der Waals surface area (Å²) in [4.78, 5) is 4.42. The number of benzene rings is 1. The van der Waals surface area contributed by atoms with E-state index in [0.29, 0.717) is 17.3 Å². The Morgan fingerprint density at radius 3 is 2.79 bits per heavy atom. The number of hydrogen-bond donors (Lipinski definition) is 0. The van der Waals surface area contributed by atoms with Gasteiger partial charge >= 0.3 is 0 Å². The molecule has 0 radical (unpaired) electrons. The van der Waals surface area contributed by atoms with Gasteiger partial charge in [0, 0.05) is 34.4 Å². The molecular weight excluding hydrogens is 390 g/mol. The lowest BCUT2D eigenvalue weighted by atomic mass is 10.3. The van der Waals surface area contributed by atoms with E-state index in [1.807, 2.05) is 53.2 Å². The third-order valence-corrected chi connectivity index (χ3v) is 4.91. The summed E-state index contributed by atoms with van der Waals surface area (Å²) in [7, 11) is 0. The second-order valence-corrected chi connectivity index (χ2v) is 6.86. The predicted molar refractivity (Wildman–Crippen MR) is 95.0 cm³/mol. The minimum Gasteiger partial charge on any atom is -0.461 e. The molecule has 0 aliphatic carbocycles. The predicted octanol–water partition coefficient (Wildman–Crippen LogP) is 5.18. The maximum Gasteiger partial charge on any atom is 0.202 e. The third kappa shape index (κ3) is 3.18. The van der Waals surface area contributed by atoms with Crippen LogP contribution in [0, 0.1) is 0 Å². The number of hydrogen-bond acceptors (Lipinski definition) is 5. The van der Waals surface area contributed by atoms with Gasteiger partial charge in [-0.25, -0.2) is 4.98 Å². The average Bonchev–Trinajstić information content (AvgIpc) is 3.34.